The Labute approximate surface area is 160 Å². The van der Waals surface area contributed by atoms with E-state index in [2.05, 4.69) is 0 Å². The second-order valence-corrected chi connectivity index (χ2v) is 7.11. The van der Waals surface area contributed by atoms with Crippen LogP contribution >= 0.6 is 22.9 Å². The Kier molecular flexibility index (Phi) is 5.76. The van der Waals surface area contributed by atoms with Gasteiger partial charge in [0.1, 0.15) is 5.01 Å². The summed E-state index contributed by atoms with van der Waals surface area (Å²) in [4.78, 5) is 16.2. The molecule has 2 aromatic heterocycles. The summed E-state index contributed by atoms with van der Waals surface area (Å²) >= 11 is 7.76. The molecule has 0 saturated carbocycles. The average molecular weight is 391 g/mol. The zero-order valence-corrected chi connectivity index (χ0v) is 16.1. The highest BCUT2D eigenvalue weighted by molar-refractivity contribution is 7.13. The van der Waals surface area contributed by atoms with Crippen LogP contribution in [0.15, 0.2) is 35.7 Å². The van der Waals surface area contributed by atoms with E-state index in [0.717, 1.165) is 34.1 Å². The SMILES string of the molecule is COCCCn1c(-c2csc(-c3ccccc3Cl)n2)cc(C(=O)O)c1C. The van der Waals surface area contributed by atoms with Crippen LogP contribution in [0.25, 0.3) is 22.0 Å². The molecule has 0 aliphatic carbocycles. The van der Waals surface area contributed by atoms with Crippen LogP contribution in [0, 0.1) is 6.92 Å². The summed E-state index contributed by atoms with van der Waals surface area (Å²) in [6.07, 6.45) is 0.791. The normalized spacial score (nSPS) is 11.0. The molecule has 3 rings (SSSR count). The standard InChI is InChI=1S/C19H19ClN2O3S/c1-12-14(19(23)24)10-17(22(12)8-5-9-25-2)16-11-26-18(21-16)13-6-3-4-7-15(13)20/h3-4,6-7,10-11H,5,8-9H2,1-2H3,(H,23,24). The van der Waals surface area contributed by atoms with Crippen molar-refractivity contribution < 1.29 is 14.6 Å². The maximum Gasteiger partial charge on any atom is 0.337 e. The molecule has 2 heterocycles. The molecule has 1 aromatic carbocycles. The number of rotatable bonds is 7. The second-order valence-electron chi connectivity index (χ2n) is 5.85. The van der Waals surface area contributed by atoms with Gasteiger partial charge in [0.05, 0.1) is 22.0 Å². The molecule has 1 N–H and O–H groups in total. The van der Waals surface area contributed by atoms with Crippen molar-refractivity contribution in [2.45, 2.75) is 19.9 Å². The van der Waals surface area contributed by atoms with Crippen LogP contribution in [-0.2, 0) is 11.3 Å². The Hall–Kier alpha value is -2.15. The minimum absolute atomic E-state index is 0.296. The van der Waals surface area contributed by atoms with Gasteiger partial charge in [-0.15, -0.1) is 11.3 Å². The van der Waals surface area contributed by atoms with Gasteiger partial charge in [-0.25, -0.2) is 9.78 Å². The van der Waals surface area contributed by atoms with Gasteiger partial charge in [-0.1, -0.05) is 29.8 Å². The number of hydrogen-bond acceptors (Lipinski definition) is 4. The molecule has 3 aromatic rings. The van der Waals surface area contributed by atoms with E-state index >= 15 is 0 Å². The number of thiazole rings is 1. The van der Waals surface area contributed by atoms with E-state index in [0.29, 0.717) is 23.7 Å². The number of carboxylic acid groups (broad SMARTS) is 1. The van der Waals surface area contributed by atoms with Crippen molar-refractivity contribution in [2.24, 2.45) is 0 Å². The maximum atomic E-state index is 11.5. The molecule has 0 amide bonds. The van der Waals surface area contributed by atoms with Crippen molar-refractivity contribution in [1.29, 1.82) is 0 Å². The highest BCUT2D eigenvalue weighted by Gasteiger charge is 2.20. The monoisotopic (exact) mass is 390 g/mol. The summed E-state index contributed by atoms with van der Waals surface area (Å²) in [5.41, 5.74) is 3.43. The number of methoxy groups -OCH3 is 1. The molecule has 0 aliphatic heterocycles. The smallest absolute Gasteiger partial charge is 0.337 e. The number of carboxylic acids is 1. The average Bonchev–Trinajstić information content (AvgIpc) is 3.21. The lowest BCUT2D eigenvalue weighted by Crippen LogP contribution is -2.06. The van der Waals surface area contributed by atoms with Crippen molar-refractivity contribution in [2.75, 3.05) is 13.7 Å². The molecule has 0 bridgehead atoms. The Balaban J connectivity index is 2.02. The zero-order chi connectivity index (χ0) is 18.7. The summed E-state index contributed by atoms with van der Waals surface area (Å²) in [5, 5.41) is 12.9. The Morgan fingerprint density at radius 3 is 2.85 bits per heavy atom. The second kappa shape index (κ2) is 8.03. The van der Waals surface area contributed by atoms with Crippen molar-refractivity contribution in [3.8, 4) is 22.0 Å². The topological polar surface area (TPSA) is 64.4 Å². The number of halogens is 1. The van der Waals surface area contributed by atoms with E-state index in [9.17, 15) is 9.90 Å². The van der Waals surface area contributed by atoms with Crippen LogP contribution in [0.3, 0.4) is 0 Å². The predicted octanol–water partition coefficient (Wildman–Crippen LogP) is 4.98. The molecule has 136 valence electrons. The van der Waals surface area contributed by atoms with Gasteiger partial charge in [-0.05, 0) is 25.5 Å². The van der Waals surface area contributed by atoms with E-state index in [-0.39, 0.29) is 0 Å². The minimum atomic E-state index is -0.934. The quantitative estimate of drug-likeness (QED) is 0.578. The third-order valence-corrected chi connectivity index (χ3v) is 5.40. The highest BCUT2D eigenvalue weighted by atomic mass is 35.5. The lowest BCUT2D eigenvalue weighted by molar-refractivity contribution is 0.0696. The first-order valence-electron chi connectivity index (χ1n) is 8.16. The highest BCUT2D eigenvalue weighted by Crippen LogP contribution is 2.34. The lowest BCUT2D eigenvalue weighted by atomic mass is 10.2. The number of ether oxygens (including phenoxy) is 1. The van der Waals surface area contributed by atoms with Gasteiger partial charge in [0.25, 0.3) is 0 Å². The number of benzene rings is 1. The van der Waals surface area contributed by atoms with Gasteiger partial charge in [-0.2, -0.15) is 0 Å². The minimum Gasteiger partial charge on any atom is -0.478 e. The van der Waals surface area contributed by atoms with E-state index in [1.807, 2.05) is 41.1 Å². The molecule has 26 heavy (non-hydrogen) atoms. The van der Waals surface area contributed by atoms with Crippen LogP contribution in [0.1, 0.15) is 22.5 Å². The summed E-state index contributed by atoms with van der Waals surface area (Å²) < 4.78 is 7.11. The molecule has 0 fully saturated rings. The molecule has 5 nitrogen and oxygen atoms in total. The van der Waals surface area contributed by atoms with Crippen LogP contribution in [-0.4, -0.2) is 34.3 Å². The molecule has 0 aliphatic rings. The van der Waals surface area contributed by atoms with Gasteiger partial charge >= 0.3 is 5.97 Å². The van der Waals surface area contributed by atoms with Gasteiger partial charge in [0.15, 0.2) is 0 Å². The summed E-state index contributed by atoms with van der Waals surface area (Å²) in [6, 6.07) is 9.25. The molecule has 0 radical (unpaired) electrons. The summed E-state index contributed by atoms with van der Waals surface area (Å²) in [5.74, 6) is -0.934. The molecular formula is C19H19ClN2O3S. The molecule has 0 unspecified atom stereocenters. The zero-order valence-electron chi connectivity index (χ0n) is 14.5. The van der Waals surface area contributed by atoms with Crippen molar-refractivity contribution in [3.63, 3.8) is 0 Å². The lowest BCUT2D eigenvalue weighted by Gasteiger charge is -2.10. The molecule has 7 heteroatoms. The van der Waals surface area contributed by atoms with Crippen LogP contribution in [0.2, 0.25) is 5.02 Å². The van der Waals surface area contributed by atoms with Crippen LogP contribution in [0.4, 0.5) is 0 Å². The third-order valence-electron chi connectivity index (χ3n) is 4.20. The molecule has 0 saturated heterocycles. The number of aromatic carboxylic acids is 1. The number of aromatic nitrogens is 2. The fraction of sp³-hybridized carbons (Fsp3) is 0.263. The molecule has 0 atom stereocenters. The first-order chi connectivity index (χ1) is 12.5. The molecule has 0 spiro atoms. The van der Waals surface area contributed by atoms with E-state index < -0.39 is 5.97 Å². The van der Waals surface area contributed by atoms with Crippen LogP contribution in [0.5, 0.6) is 0 Å². The van der Waals surface area contributed by atoms with Gasteiger partial charge < -0.3 is 14.4 Å². The fourth-order valence-corrected chi connectivity index (χ4v) is 4.01. The number of carbonyl (C=O) groups is 1. The summed E-state index contributed by atoms with van der Waals surface area (Å²) in [6.45, 7) is 3.10. The van der Waals surface area contributed by atoms with Crippen molar-refractivity contribution in [1.82, 2.24) is 9.55 Å². The van der Waals surface area contributed by atoms with Crippen molar-refractivity contribution in [3.05, 3.63) is 52.0 Å². The molecular weight excluding hydrogens is 372 g/mol. The van der Waals surface area contributed by atoms with Crippen LogP contribution < -0.4 is 0 Å². The van der Waals surface area contributed by atoms with E-state index in [4.69, 9.17) is 21.3 Å². The van der Waals surface area contributed by atoms with E-state index in [1.54, 1.807) is 13.2 Å². The Morgan fingerprint density at radius 2 is 2.15 bits per heavy atom. The Bertz CT molecular complexity index is 933. The van der Waals surface area contributed by atoms with Crippen molar-refractivity contribution >= 4 is 28.9 Å². The fourth-order valence-electron chi connectivity index (χ4n) is 2.88. The summed E-state index contributed by atoms with van der Waals surface area (Å²) in [7, 11) is 1.66. The first kappa shape index (κ1) is 18.6. The Morgan fingerprint density at radius 1 is 1.38 bits per heavy atom. The predicted molar refractivity (Wildman–Crippen MR) is 104 cm³/mol. The maximum absolute atomic E-state index is 11.5. The van der Waals surface area contributed by atoms with Gasteiger partial charge in [-0.3, -0.25) is 0 Å². The number of hydrogen-bond donors (Lipinski definition) is 1. The third kappa shape index (κ3) is 3.67. The largest absolute Gasteiger partial charge is 0.478 e. The van der Waals surface area contributed by atoms with Gasteiger partial charge in [0, 0.05) is 36.9 Å². The number of nitrogens with zero attached hydrogens (tertiary/aromatic N) is 2. The van der Waals surface area contributed by atoms with E-state index in [1.165, 1.54) is 11.3 Å². The first-order valence-corrected chi connectivity index (χ1v) is 9.42. The van der Waals surface area contributed by atoms with Gasteiger partial charge in [0.2, 0.25) is 0 Å².